The third-order valence-corrected chi connectivity index (χ3v) is 5.42. The van der Waals surface area contributed by atoms with Crippen LogP contribution in [0, 0.1) is 0 Å². The van der Waals surface area contributed by atoms with E-state index in [1.54, 1.807) is 7.05 Å². The fraction of sp³-hybridized carbons (Fsp3) is 0.786. The Morgan fingerprint density at radius 1 is 1.48 bits per heavy atom. The molecule has 0 radical (unpaired) electrons. The first-order valence-corrected chi connectivity index (χ1v) is 9.72. The van der Waals surface area contributed by atoms with Crippen LogP contribution in [0.15, 0.2) is 9.52 Å². The second kappa shape index (κ2) is 7.76. The van der Waals surface area contributed by atoms with E-state index >= 15 is 0 Å². The zero-order valence-electron chi connectivity index (χ0n) is 13.9. The molecule has 23 heavy (non-hydrogen) atoms. The molecule has 0 bridgehead atoms. The normalized spacial score (nSPS) is 20.9. The number of hydrogen-bond acceptors (Lipinski definition) is 6. The lowest BCUT2D eigenvalue weighted by molar-refractivity contribution is 0.368. The lowest BCUT2D eigenvalue weighted by atomic mass is 10.2. The van der Waals surface area contributed by atoms with Crippen LogP contribution in [0.5, 0.6) is 0 Å². The van der Waals surface area contributed by atoms with E-state index in [0.717, 1.165) is 12.2 Å². The van der Waals surface area contributed by atoms with Crippen LogP contribution in [0.4, 0.5) is 0 Å². The van der Waals surface area contributed by atoms with E-state index in [1.807, 2.05) is 13.8 Å². The van der Waals surface area contributed by atoms with Crippen LogP contribution in [0.2, 0.25) is 0 Å². The third kappa shape index (κ3) is 5.49. The molecule has 1 aliphatic heterocycles. The molecule has 8 nitrogen and oxygen atoms in total. The van der Waals surface area contributed by atoms with Crippen molar-refractivity contribution in [2.75, 3.05) is 25.1 Å². The summed E-state index contributed by atoms with van der Waals surface area (Å²) in [7, 11) is -1.22. The number of aliphatic imine (C=N–C) groups is 1. The molecule has 0 spiro atoms. The van der Waals surface area contributed by atoms with Crippen molar-refractivity contribution in [1.82, 2.24) is 20.8 Å². The quantitative estimate of drug-likeness (QED) is 0.439. The van der Waals surface area contributed by atoms with Gasteiger partial charge < -0.3 is 15.2 Å². The third-order valence-electron chi connectivity index (χ3n) is 3.66. The summed E-state index contributed by atoms with van der Waals surface area (Å²) >= 11 is 0. The van der Waals surface area contributed by atoms with Crippen molar-refractivity contribution >= 4 is 15.8 Å². The van der Waals surface area contributed by atoms with E-state index in [-0.39, 0.29) is 23.5 Å². The minimum Gasteiger partial charge on any atom is -0.356 e. The molecule has 2 rings (SSSR count). The lowest BCUT2D eigenvalue weighted by Gasteiger charge is -2.15. The van der Waals surface area contributed by atoms with E-state index in [4.69, 9.17) is 4.52 Å². The maximum Gasteiger partial charge on any atom is 0.226 e. The number of hydrogen-bond donors (Lipinski definition) is 2. The minimum atomic E-state index is -2.89. The van der Waals surface area contributed by atoms with E-state index < -0.39 is 9.84 Å². The van der Waals surface area contributed by atoms with Crippen LogP contribution in [0.25, 0.3) is 0 Å². The summed E-state index contributed by atoms with van der Waals surface area (Å²) in [6.07, 6.45) is 2.15. The molecule has 1 aliphatic rings. The van der Waals surface area contributed by atoms with Gasteiger partial charge in [0.2, 0.25) is 5.89 Å². The average Bonchev–Trinajstić information content (AvgIpc) is 3.08. The van der Waals surface area contributed by atoms with Gasteiger partial charge in [-0.1, -0.05) is 19.0 Å². The maximum absolute atomic E-state index is 11.5. The summed E-state index contributed by atoms with van der Waals surface area (Å²) in [5.41, 5.74) is 0. The van der Waals surface area contributed by atoms with E-state index in [0.29, 0.717) is 31.2 Å². The monoisotopic (exact) mass is 343 g/mol. The number of nitrogens with zero attached hydrogens (tertiary/aromatic N) is 3. The first-order valence-electron chi connectivity index (χ1n) is 7.89. The highest BCUT2D eigenvalue weighted by molar-refractivity contribution is 7.91. The average molecular weight is 343 g/mol. The first-order chi connectivity index (χ1) is 10.9. The van der Waals surface area contributed by atoms with Crippen LogP contribution in [-0.2, 0) is 16.3 Å². The van der Waals surface area contributed by atoms with Crippen LogP contribution in [-0.4, -0.2) is 55.7 Å². The molecule has 1 saturated heterocycles. The molecule has 1 unspecified atom stereocenters. The smallest absolute Gasteiger partial charge is 0.226 e. The number of aromatic nitrogens is 2. The molecule has 2 N–H and O–H groups in total. The molecule has 1 aromatic rings. The van der Waals surface area contributed by atoms with Gasteiger partial charge in [0, 0.05) is 32.0 Å². The van der Waals surface area contributed by atoms with Crippen molar-refractivity contribution in [1.29, 1.82) is 0 Å². The van der Waals surface area contributed by atoms with Gasteiger partial charge in [0.15, 0.2) is 21.6 Å². The van der Waals surface area contributed by atoms with Gasteiger partial charge in [-0.25, -0.2) is 8.42 Å². The molecule has 0 saturated carbocycles. The molecule has 130 valence electrons. The van der Waals surface area contributed by atoms with Crippen LogP contribution in [0.3, 0.4) is 0 Å². The molecular weight excluding hydrogens is 318 g/mol. The highest BCUT2D eigenvalue weighted by Crippen LogP contribution is 2.11. The van der Waals surface area contributed by atoms with Crippen LogP contribution in [0.1, 0.15) is 44.3 Å². The highest BCUT2D eigenvalue weighted by atomic mass is 32.2. The number of aryl methyl sites for hydroxylation is 1. The lowest BCUT2D eigenvalue weighted by Crippen LogP contribution is -2.44. The zero-order valence-corrected chi connectivity index (χ0v) is 14.7. The topological polar surface area (TPSA) is 109 Å². The molecule has 0 aromatic carbocycles. The van der Waals surface area contributed by atoms with E-state index in [2.05, 4.69) is 25.8 Å². The Morgan fingerprint density at radius 3 is 2.83 bits per heavy atom. The molecule has 1 aromatic heterocycles. The molecular formula is C14H25N5O3S. The SMILES string of the molecule is CN=C(NCCCc1nc(C(C)C)no1)NC1CCS(=O)(=O)C1. The van der Waals surface area contributed by atoms with E-state index in [1.165, 1.54) is 0 Å². The summed E-state index contributed by atoms with van der Waals surface area (Å²) in [5, 5.41) is 10.3. The molecule has 9 heteroatoms. The fourth-order valence-electron chi connectivity index (χ4n) is 2.35. The number of guanidine groups is 1. The second-order valence-corrected chi connectivity index (χ2v) is 8.28. The standard InChI is InChI=1S/C14H25N5O3S/c1-10(2)13-18-12(22-19-13)5-4-7-16-14(15-3)17-11-6-8-23(20,21)9-11/h10-11H,4-9H2,1-3H3,(H2,15,16,17). The predicted octanol–water partition coefficient (Wildman–Crippen LogP) is 0.478. The molecule has 1 fully saturated rings. The van der Waals surface area contributed by atoms with Gasteiger partial charge in [0.25, 0.3) is 0 Å². The Hall–Kier alpha value is -1.64. The van der Waals surface area contributed by atoms with Gasteiger partial charge in [0.05, 0.1) is 11.5 Å². The molecule has 0 aliphatic carbocycles. The Kier molecular flexibility index (Phi) is 5.97. The predicted molar refractivity (Wildman–Crippen MR) is 88.3 cm³/mol. The van der Waals surface area contributed by atoms with Crippen molar-refractivity contribution < 1.29 is 12.9 Å². The number of sulfone groups is 1. The Bertz CT molecular complexity index is 639. The summed E-state index contributed by atoms with van der Waals surface area (Å²) in [6.45, 7) is 4.74. The van der Waals surface area contributed by atoms with Crippen molar-refractivity contribution in [3.63, 3.8) is 0 Å². The van der Waals surface area contributed by atoms with Gasteiger partial charge in [-0.3, -0.25) is 4.99 Å². The van der Waals surface area contributed by atoms with Crippen LogP contribution < -0.4 is 10.6 Å². The molecule has 0 amide bonds. The van der Waals surface area contributed by atoms with Gasteiger partial charge in [-0.15, -0.1) is 0 Å². The minimum absolute atomic E-state index is 0.0595. The van der Waals surface area contributed by atoms with Crippen molar-refractivity contribution in [3.05, 3.63) is 11.7 Å². The number of rotatable bonds is 6. The largest absolute Gasteiger partial charge is 0.356 e. The van der Waals surface area contributed by atoms with E-state index in [9.17, 15) is 8.42 Å². The van der Waals surface area contributed by atoms with Crippen LogP contribution >= 0.6 is 0 Å². The Labute approximate surface area is 137 Å². The Balaban J connectivity index is 1.69. The van der Waals surface area contributed by atoms with Gasteiger partial charge >= 0.3 is 0 Å². The summed E-state index contributed by atoms with van der Waals surface area (Å²) in [5.74, 6) is 2.68. The van der Waals surface area contributed by atoms with Crippen molar-refractivity contribution in [2.45, 2.75) is 45.1 Å². The Morgan fingerprint density at radius 2 is 2.26 bits per heavy atom. The zero-order chi connectivity index (χ0) is 16.9. The van der Waals surface area contributed by atoms with Gasteiger partial charge in [0.1, 0.15) is 0 Å². The van der Waals surface area contributed by atoms with Crippen molar-refractivity contribution in [2.24, 2.45) is 4.99 Å². The van der Waals surface area contributed by atoms with Gasteiger partial charge in [-0.05, 0) is 12.8 Å². The fourth-order valence-corrected chi connectivity index (χ4v) is 4.02. The van der Waals surface area contributed by atoms with Gasteiger partial charge in [-0.2, -0.15) is 4.98 Å². The highest BCUT2D eigenvalue weighted by Gasteiger charge is 2.28. The maximum atomic E-state index is 11.5. The molecule has 1 atom stereocenters. The molecule has 2 heterocycles. The number of nitrogens with one attached hydrogen (secondary N) is 2. The summed E-state index contributed by atoms with van der Waals surface area (Å²) < 4.78 is 28.1. The second-order valence-electron chi connectivity index (χ2n) is 6.05. The summed E-state index contributed by atoms with van der Waals surface area (Å²) in [4.78, 5) is 8.45. The first kappa shape index (κ1) is 17.7. The van der Waals surface area contributed by atoms with Crippen molar-refractivity contribution in [3.8, 4) is 0 Å². The summed E-state index contributed by atoms with van der Waals surface area (Å²) in [6, 6.07) is -0.0595.